The van der Waals surface area contributed by atoms with Crippen molar-refractivity contribution in [3.05, 3.63) is 52.4 Å². The fraction of sp³-hybridized carbons (Fsp3) is 0.200. The van der Waals surface area contributed by atoms with Crippen LogP contribution >= 0.6 is 0 Å². The molecule has 1 heterocycles. The molecule has 7 heteroatoms. The van der Waals surface area contributed by atoms with Crippen molar-refractivity contribution in [2.75, 3.05) is 12.9 Å². The van der Waals surface area contributed by atoms with E-state index in [4.69, 9.17) is 9.15 Å². The standard InChI is InChI=1S/C15H14O6S/c1-3-20-15(17)14-9-11(16)8-13(21-14)10-4-6-12(7-5-10)22(2,18)19/h4-9H,3H2,1-2H3. The summed E-state index contributed by atoms with van der Waals surface area (Å²) < 4.78 is 33.0. The van der Waals surface area contributed by atoms with Crippen molar-refractivity contribution >= 4 is 15.8 Å². The molecule has 0 N–H and O–H groups in total. The molecule has 0 unspecified atom stereocenters. The first-order chi connectivity index (χ1) is 10.3. The monoisotopic (exact) mass is 322 g/mol. The summed E-state index contributed by atoms with van der Waals surface area (Å²) in [6, 6.07) is 8.08. The fourth-order valence-corrected chi connectivity index (χ4v) is 2.42. The lowest BCUT2D eigenvalue weighted by Gasteiger charge is -2.05. The molecule has 1 aromatic carbocycles. The topological polar surface area (TPSA) is 90.7 Å². The Labute approximate surface area is 127 Å². The van der Waals surface area contributed by atoms with Crippen LogP contribution in [0.5, 0.6) is 0 Å². The third-order valence-electron chi connectivity index (χ3n) is 2.81. The van der Waals surface area contributed by atoms with Crippen LogP contribution in [0.25, 0.3) is 11.3 Å². The van der Waals surface area contributed by atoms with Gasteiger partial charge in [0.25, 0.3) is 0 Å². The maximum atomic E-state index is 11.7. The molecule has 116 valence electrons. The Kier molecular flexibility index (Phi) is 4.46. The van der Waals surface area contributed by atoms with E-state index in [2.05, 4.69) is 0 Å². The summed E-state index contributed by atoms with van der Waals surface area (Å²) in [5, 5.41) is 0. The van der Waals surface area contributed by atoms with Crippen LogP contribution in [0.1, 0.15) is 17.5 Å². The summed E-state index contributed by atoms with van der Waals surface area (Å²) in [6.45, 7) is 1.81. The first-order valence-corrected chi connectivity index (χ1v) is 8.33. The summed E-state index contributed by atoms with van der Waals surface area (Å²) in [4.78, 5) is 23.4. The third kappa shape index (κ3) is 3.62. The highest BCUT2D eigenvalue weighted by Crippen LogP contribution is 2.21. The quantitative estimate of drug-likeness (QED) is 0.798. The van der Waals surface area contributed by atoms with Crippen LogP contribution < -0.4 is 5.43 Å². The van der Waals surface area contributed by atoms with Gasteiger partial charge in [-0.1, -0.05) is 0 Å². The Hall–Kier alpha value is -2.41. The van der Waals surface area contributed by atoms with E-state index >= 15 is 0 Å². The van der Waals surface area contributed by atoms with Gasteiger partial charge in [-0.3, -0.25) is 4.79 Å². The van der Waals surface area contributed by atoms with Gasteiger partial charge in [0.2, 0.25) is 5.76 Å². The zero-order chi connectivity index (χ0) is 16.3. The van der Waals surface area contributed by atoms with E-state index in [1.54, 1.807) is 6.92 Å². The zero-order valence-electron chi connectivity index (χ0n) is 12.0. The summed E-state index contributed by atoms with van der Waals surface area (Å²) in [5.74, 6) is -0.763. The van der Waals surface area contributed by atoms with E-state index in [-0.39, 0.29) is 23.0 Å². The summed E-state index contributed by atoms with van der Waals surface area (Å²) >= 11 is 0. The molecule has 0 saturated carbocycles. The van der Waals surface area contributed by atoms with Gasteiger partial charge in [0.15, 0.2) is 15.3 Å². The molecule has 0 saturated heterocycles. The third-order valence-corrected chi connectivity index (χ3v) is 3.94. The molecule has 1 aromatic heterocycles. The SMILES string of the molecule is CCOC(=O)c1cc(=O)cc(-c2ccc(S(C)(=O)=O)cc2)o1. The number of rotatable bonds is 4. The minimum atomic E-state index is -3.31. The Morgan fingerprint density at radius 1 is 1.18 bits per heavy atom. The highest BCUT2D eigenvalue weighted by molar-refractivity contribution is 7.90. The number of carbonyl (C=O) groups excluding carboxylic acids is 1. The molecule has 0 radical (unpaired) electrons. The number of carbonyl (C=O) groups is 1. The maximum Gasteiger partial charge on any atom is 0.374 e. The average Bonchev–Trinajstić information content (AvgIpc) is 2.46. The normalized spacial score (nSPS) is 11.2. The van der Waals surface area contributed by atoms with Gasteiger partial charge in [0.1, 0.15) is 5.76 Å². The fourth-order valence-electron chi connectivity index (χ4n) is 1.79. The molecule has 0 amide bonds. The van der Waals surface area contributed by atoms with Crippen molar-refractivity contribution < 1.29 is 22.4 Å². The molecule has 2 aromatic rings. The van der Waals surface area contributed by atoms with Gasteiger partial charge in [0.05, 0.1) is 11.5 Å². The van der Waals surface area contributed by atoms with Crippen LogP contribution in [0.4, 0.5) is 0 Å². The van der Waals surface area contributed by atoms with Crippen molar-refractivity contribution in [1.29, 1.82) is 0 Å². The summed E-state index contributed by atoms with van der Waals surface area (Å²) in [6.07, 6.45) is 1.10. The molecule has 0 aliphatic rings. The first-order valence-electron chi connectivity index (χ1n) is 6.44. The lowest BCUT2D eigenvalue weighted by Crippen LogP contribution is -2.09. The van der Waals surface area contributed by atoms with Crippen LogP contribution in [0.3, 0.4) is 0 Å². The molecule has 0 aliphatic heterocycles. The Morgan fingerprint density at radius 3 is 2.36 bits per heavy atom. The van der Waals surface area contributed by atoms with Gasteiger partial charge >= 0.3 is 5.97 Å². The van der Waals surface area contributed by atoms with E-state index < -0.39 is 21.2 Å². The second kappa shape index (κ2) is 6.15. The molecule has 0 atom stereocenters. The van der Waals surface area contributed by atoms with Crippen LogP contribution in [0, 0.1) is 0 Å². The summed E-state index contributed by atoms with van der Waals surface area (Å²) in [5.41, 5.74) is 0.0761. The van der Waals surface area contributed by atoms with Crippen molar-refractivity contribution in [2.24, 2.45) is 0 Å². The van der Waals surface area contributed by atoms with Gasteiger partial charge in [-0.15, -0.1) is 0 Å². The first kappa shape index (κ1) is 16.0. The molecule has 0 spiro atoms. The number of sulfone groups is 1. The predicted octanol–water partition coefficient (Wildman–Crippen LogP) is 1.89. The second-order valence-corrected chi connectivity index (χ2v) is 6.55. The van der Waals surface area contributed by atoms with Crippen molar-refractivity contribution in [1.82, 2.24) is 0 Å². The minimum absolute atomic E-state index is 0.153. The Balaban J connectivity index is 2.45. The number of ether oxygens (including phenoxy) is 1. The van der Waals surface area contributed by atoms with Gasteiger partial charge in [0, 0.05) is 24.0 Å². The zero-order valence-corrected chi connectivity index (χ0v) is 12.8. The molecule has 0 fully saturated rings. The lowest BCUT2D eigenvalue weighted by molar-refractivity contribution is 0.0488. The van der Waals surface area contributed by atoms with Gasteiger partial charge < -0.3 is 9.15 Å². The number of benzene rings is 1. The lowest BCUT2D eigenvalue weighted by atomic mass is 10.1. The highest BCUT2D eigenvalue weighted by Gasteiger charge is 2.14. The number of hydrogen-bond acceptors (Lipinski definition) is 6. The smallest absolute Gasteiger partial charge is 0.374 e. The van der Waals surface area contributed by atoms with Crippen LogP contribution in [0.2, 0.25) is 0 Å². The molecular weight excluding hydrogens is 308 g/mol. The van der Waals surface area contributed by atoms with Gasteiger partial charge in [-0.05, 0) is 31.2 Å². The van der Waals surface area contributed by atoms with E-state index in [1.807, 2.05) is 0 Å². The Morgan fingerprint density at radius 2 is 1.82 bits per heavy atom. The molecule has 22 heavy (non-hydrogen) atoms. The van der Waals surface area contributed by atoms with Gasteiger partial charge in [-0.25, -0.2) is 13.2 Å². The van der Waals surface area contributed by atoms with Crippen LogP contribution in [-0.2, 0) is 14.6 Å². The van der Waals surface area contributed by atoms with E-state index in [0.29, 0.717) is 5.56 Å². The van der Waals surface area contributed by atoms with Crippen LogP contribution in [0.15, 0.2) is 50.5 Å². The van der Waals surface area contributed by atoms with E-state index in [0.717, 1.165) is 12.3 Å². The number of esters is 1. The predicted molar refractivity (Wildman–Crippen MR) is 79.5 cm³/mol. The summed E-state index contributed by atoms with van der Waals surface area (Å²) in [7, 11) is -3.31. The molecule has 0 bridgehead atoms. The van der Waals surface area contributed by atoms with E-state index in [1.165, 1.54) is 30.3 Å². The second-order valence-electron chi connectivity index (χ2n) is 4.54. The molecular formula is C15H14O6S. The molecule has 2 rings (SSSR count). The maximum absolute atomic E-state index is 11.7. The average molecular weight is 322 g/mol. The molecule has 0 aliphatic carbocycles. The van der Waals surface area contributed by atoms with Crippen molar-refractivity contribution in [3.8, 4) is 11.3 Å². The minimum Gasteiger partial charge on any atom is -0.460 e. The number of hydrogen-bond donors (Lipinski definition) is 0. The van der Waals surface area contributed by atoms with Crippen molar-refractivity contribution in [3.63, 3.8) is 0 Å². The highest BCUT2D eigenvalue weighted by atomic mass is 32.2. The van der Waals surface area contributed by atoms with E-state index in [9.17, 15) is 18.0 Å². The Bertz CT molecular complexity index is 846. The van der Waals surface area contributed by atoms with Gasteiger partial charge in [-0.2, -0.15) is 0 Å². The molecule has 6 nitrogen and oxygen atoms in total. The van der Waals surface area contributed by atoms with Crippen molar-refractivity contribution in [2.45, 2.75) is 11.8 Å². The van der Waals surface area contributed by atoms with Crippen LogP contribution in [-0.4, -0.2) is 27.2 Å². The largest absolute Gasteiger partial charge is 0.460 e.